The third kappa shape index (κ3) is 3.73. The van der Waals surface area contributed by atoms with Gasteiger partial charge in [0.15, 0.2) is 16.8 Å². The van der Waals surface area contributed by atoms with E-state index in [4.69, 9.17) is 11.6 Å². The summed E-state index contributed by atoms with van der Waals surface area (Å²) in [6, 6.07) is 18.1. The van der Waals surface area contributed by atoms with Crippen LogP contribution in [-0.2, 0) is 5.75 Å². The highest BCUT2D eigenvalue weighted by atomic mass is 35.5. The molecule has 0 saturated heterocycles. The van der Waals surface area contributed by atoms with Crippen LogP contribution in [-0.4, -0.2) is 35.0 Å². The van der Waals surface area contributed by atoms with Gasteiger partial charge < -0.3 is 0 Å². The van der Waals surface area contributed by atoms with Gasteiger partial charge in [-0.15, -0.1) is 15.3 Å². The minimum absolute atomic E-state index is 0.388. The quantitative estimate of drug-likeness (QED) is 0.396. The first-order valence-electron chi connectivity index (χ1n) is 9.96. The average molecular weight is 438 g/mol. The molecule has 0 unspecified atom stereocenters. The molecule has 0 radical (unpaired) electrons. The molecule has 0 spiro atoms. The maximum Gasteiger partial charge on any atom is 0.192 e. The Balaban J connectivity index is 1.46. The second kappa shape index (κ2) is 8.57. The summed E-state index contributed by atoms with van der Waals surface area (Å²) < 4.78 is 4.02. The second-order valence-electron chi connectivity index (χ2n) is 7.23. The molecule has 9 heteroatoms. The molecule has 152 valence electrons. The predicted molar refractivity (Wildman–Crippen MR) is 117 cm³/mol. The van der Waals surface area contributed by atoms with Gasteiger partial charge in [-0.3, -0.25) is 4.57 Å². The van der Waals surface area contributed by atoms with Crippen molar-refractivity contribution in [1.82, 2.24) is 35.0 Å². The summed E-state index contributed by atoms with van der Waals surface area (Å²) in [5.74, 6) is 2.19. The lowest BCUT2D eigenvalue weighted by atomic mass is 10.2. The van der Waals surface area contributed by atoms with E-state index in [1.165, 1.54) is 12.8 Å². The molecular weight excluding hydrogens is 418 g/mol. The standard InChI is InChI=1S/C21H20ClN7S/c22-18-13-7-6-12-17(18)20-24-25-21(28(20)15-8-4-5-9-15)30-14-19-23-26-27-29(19)16-10-2-1-3-11-16/h1-3,6-7,10-13,15H,4-5,8-9,14H2. The third-order valence-electron chi connectivity index (χ3n) is 5.33. The summed E-state index contributed by atoms with van der Waals surface area (Å²) in [5.41, 5.74) is 1.85. The van der Waals surface area contributed by atoms with Gasteiger partial charge in [0.25, 0.3) is 0 Å². The largest absolute Gasteiger partial charge is 0.299 e. The molecular formula is C21H20ClN7S. The lowest BCUT2D eigenvalue weighted by Gasteiger charge is -2.17. The highest BCUT2D eigenvalue weighted by molar-refractivity contribution is 7.98. The van der Waals surface area contributed by atoms with E-state index in [2.05, 4.69) is 30.3 Å². The van der Waals surface area contributed by atoms with Crippen LogP contribution < -0.4 is 0 Å². The predicted octanol–water partition coefficient (Wildman–Crippen LogP) is 4.98. The Labute approximate surface area is 183 Å². The molecule has 4 aromatic rings. The van der Waals surface area contributed by atoms with Gasteiger partial charge in [-0.1, -0.05) is 66.5 Å². The zero-order valence-corrected chi connectivity index (χ0v) is 17.8. The molecule has 1 saturated carbocycles. The first-order chi connectivity index (χ1) is 14.8. The number of nitrogens with zero attached hydrogens (tertiary/aromatic N) is 7. The van der Waals surface area contributed by atoms with E-state index in [-0.39, 0.29) is 0 Å². The molecule has 1 aliphatic rings. The average Bonchev–Trinajstić information content (AvgIpc) is 3.53. The number of hydrogen-bond donors (Lipinski definition) is 0. The van der Waals surface area contributed by atoms with Crippen molar-refractivity contribution in [1.29, 1.82) is 0 Å². The van der Waals surface area contributed by atoms with E-state index in [0.717, 1.165) is 40.9 Å². The fourth-order valence-electron chi connectivity index (χ4n) is 3.89. The van der Waals surface area contributed by atoms with Crippen LogP contribution in [0.2, 0.25) is 5.02 Å². The smallest absolute Gasteiger partial charge is 0.192 e. The van der Waals surface area contributed by atoms with Gasteiger partial charge in [0.05, 0.1) is 16.5 Å². The SMILES string of the molecule is Clc1ccccc1-c1nnc(SCc2nnnn2-c2ccccc2)n1C1CCCC1. The summed E-state index contributed by atoms with van der Waals surface area (Å²) >= 11 is 8.08. The van der Waals surface area contributed by atoms with Crippen LogP contribution in [0, 0.1) is 0 Å². The summed E-state index contributed by atoms with van der Waals surface area (Å²) in [6.07, 6.45) is 4.71. The molecule has 0 amide bonds. The van der Waals surface area contributed by atoms with Crippen molar-refractivity contribution in [2.45, 2.75) is 42.6 Å². The van der Waals surface area contributed by atoms with Gasteiger partial charge in [0.1, 0.15) is 0 Å². The molecule has 2 heterocycles. The number of tetrazole rings is 1. The van der Waals surface area contributed by atoms with Crippen LogP contribution in [0.3, 0.4) is 0 Å². The number of aromatic nitrogens is 7. The summed E-state index contributed by atoms with van der Waals surface area (Å²) in [7, 11) is 0. The lowest BCUT2D eigenvalue weighted by molar-refractivity contribution is 0.485. The van der Waals surface area contributed by atoms with Crippen LogP contribution in [0.5, 0.6) is 0 Å². The van der Waals surface area contributed by atoms with Crippen molar-refractivity contribution in [3.05, 3.63) is 65.4 Å². The van der Waals surface area contributed by atoms with Crippen LogP contribution in [0.1, 0.15) is 37.5 Å². The van der Waals surface area contributed by atoms with Gasteiger partial charge in [0.2, 0.25) is 0 Å². The molecule has 1 aliphatic carbocycles. The monoisotopic (exact) mass is 437 g/mol. The van der Waals surface area contributed by atoms with E-state index in [0.29, 0.717) is 16.8 Å². The first-order valence-corrected chi connectivity index (χ1v) is 11.3. The fourth-order valence-corrected chi connectivity index (χ4v) is 5.02. The normalized spacial score (nSPS) is 14.4. The zero-order valence-electron chi connectivity index (χ0n) is 16.2. The molecule has 0 atom stereocenters. The Morgan fingerprint density at radius 1 is 0.933 bits per heavy atom. The van der Waals surface area contributed by atoms with Crippen LogP contribution in [0.4, 0.5) is 0 Å². The van der Waals surface area contributed by atoms with Crippen LogP contribution in [0.15, 0.2) is 59.8 Å². The Hall–Kier alpha value is -2.71. The highest BCUT2D eigenvalue weighted by Gasteiger charge is 2.26. The Morgan fingerprint density at radius 3 is 2.50 bits per heavy atom. The lowest BCUT2D eigenvalue weighted by Crippen LogP contribution is -2.09. The van der Waals surface area contributed by atoms with Gasteiger partial charge >= 0.3 is 0 Å². The Morgan fingerprint density at radius 2 is 1.70 bits per heavy atom. The van der Waals surface area contributed by atoms with Crippen LogP contribution in [0.25, 0.3) is 17.1 Å². The maximum atomic E-state index is 6.48. The molecule has 0 aliphatic heterocycles. The topological polar surface area (TPSA) is 74.3 Å². The van der Waals surface area contributed by atoms with Gasteiger partial charge in [0, 0.05) is 11.6 Å². The maximum absolute atomic E-state index is 6.48. The zero-order chi connectivity index (χ0) is 20.3. The summed E-state index contributed by atoms with van der Waals surface area (Å²) in [5, 5.41) is 22.8. The van der Waals surface area contributed by atoms with E-state index < -0.39 is 0 Å². The van der Waals surface area contributed by atoms with Crippen molar-refractivity contribution in [2.24, 2.45) is 0 Å². The minimum atomic E-state index is 0.388. The minimum Gasteiger partial charge on any atom is -0.299 e. The molecule has 2 aromatic heterocycles. The Bertz CT molecular complexity index is 1140. The number of halogens is 1. The summed E-state index contributed by atoms with van der Waals surface area (Å²) in [4.78, 5) is 0. The first kappa shape index (κ1) is 19.3. The van der Waals surface area contributed by atoms with Gasteiger partial charge in [-0.05, 0) is 47.5 Å². The van der Waals surface area contributed by atoms with Crippen molar-refractivity contribution >= 4 is 23.4 Å². The van der Waals surface area contributed by atoms with Gasteiger partial charge in [-0.25, -0.2) is 0 Å². The van der Waals surface area contributed by atoms with Crippen LogP contribution >= 0.6 is 23.4 Å². The Kier molecular flexibility index (Phi) is 5.50. The fraction of sp³-hybridized carbons (Fsp3) is 0.286. The number of benzene rings is 2. The van der Waals surface area contributed by atoms with Crippen molar-refractivity contribution in [3.63, 3.8) is 0 Å². The molecule has 30 heavy (non-hydrogen) atoms. The van der Waals surface area contributed by atoms with E-state index in [1.54, 1.807) is 16.4 Å². The van der Waals surface area contributed by atoms with E-state index >= 15 is 0 Å². The van der Waals surface area contributed by atoms with Crippen molar-refractivity contribution < 1.29 is 0 Å². The number of hydrogen-bond acceptors (Lipinski definition) is 6. The molecule has 0 bridgehead atoms. The number of thioether (sulfide) groups is 1. The molecule has 0 N–H and O–H groups in total. The van der Waals surface area contributed by atoms with E-state index in [9.17, 15) is 0 Å². The third-order valence-corrected chi connectivity index (χ3v) is 6.60. The van der Waals surface area contributed by atoms with Crippen molar-refractivity contribution in [2.75, 3.05) is 0 Å². The molecule has 2 aromatic carbocycles. The molecule has 5 rings (SSSR count). The van der Waals surface area contributed by atoms with E-state index in [1.807, 2.05) is 54.6 Å². The number of para-hydroxylation sites is 1. The van der Waals surface area contributed by atoms with Gasteiger partial charge in [-0.2, -0.15) is 4.68 Å². The molecule has 7 nitrogen and oxygen atoms in total. The van der Waals surface area contributed by atoms with Crippen molar-refractivity contribution in [3.8, 4) is 17.1 Å². The second-order valence-corrected chi connectivity index (χ2v) is 8.58. The summed E-state index contributed by atoms with van der Waals surface area (Å²) in [6.45, 7) is 0. The molecule has 1 fully saturated rings. The highest BCUT2D eigenvalue weighted by Crippen LogP contribution is 2.38. The number of rotatable bonds is 6.